The van der Waals surface area contributed by atoms with E-state index in [2.05, 4.69) is 0 Å². The van der Waals surface area contributed by atoms with Crippen LogP contribution in [0.3, 0.4) is 0 Å². The van der Waals surface area contributed by atoms with Crippen molar-refractivity contribution in [3.63, 3.8) is 0 Å². The topological polar surface area (TPSA) is 26.3 Å². The third kappa shape index (κ3) is 3.20. The maximum atomic E-state index is 11.0. The fraction of sp³-hybridized carbons (Fsp3) is 0.235. The number of carbonyl (C=O) groups excluding carboxylic acids is 1. The van der Waals surface area contributed by atoms with Crippen LogP contribution >= 0.6 is 11.6 Å². The van der Waals surface area contributed by atoms with Gasteiger partial charge in [-0.25, -0.2) is 0 Å². The molecule has 3 heteroatoms. The summed E-state index contributed by atoms with van der Waals surface area (Å²) in [6, 6.07) is 9.48. The number of benzene rings is 2. The molecule has 2 nitrogen and oxygen atoms in total. The zero-order valence-corrected chi connectivity index (χ0v) is 12.6. The molecule has 0 aliphatic heterocycles. The molecule has 0 aliphatic rings. The Kier molecular flexibility index (Phi) is 4.46. The predicted molar refractivity (Wildman–Crippen MR) is 81.8 cm³/mol. The first kappa shape index (κ1) is 14.6. The van der Waals surface area contributed by atoms with Crippen LogP contribution in [0, 0.1) is 20.8 Å². The zero-order chi connectivity index (χ0) is 14.7. The second kappa shape index (κ2) is 6.10. The van der Waals surface area contributed by atoms with Crippen LogP contribution < -0.4 is 4.74 Å². The van der Waals surface area contributed by atoms with E-state index in [1.807, 2.05) is 51.1 Å². The number of ether oxygens (including phenoxy) is 1. The monoisotopic (exact) mass is 288 g/mol. The van der Waals surface area contributed by atoms with Crippen LogP contribution in [0.5, 0.6) is 5.75 Å². The highest BCUT2D eigenvalue weighted by Crippen LogP contribution is 2.24. The summed E-state index contributed by atoms with van der Waals surface area (Å²) in [5, 5.41) is 0.699. The summed E-state index contributed by atoms with van der Waals surface area (Å²) in [5.74, 6) is 0.808. The van der Waals surface area contributed by atoms with E-state index in [9.17, 15) is 4.79 Å². The molecule has 0 radical (unpaired) electrons. The fourth-order valence-electron chi connectivity index (χ4n) is 2.17. The highest BCUT2D eigenvalue weighted by atomic mass is 35.5. The summed E-state index contributed by atoms with van der Waals surface area (Å²) in [6.07, 6.45) is 0.888. The summed E-state index contributed by atoms with van der Waals surface area (Å²) in [6.45, 7) is 6.32. The molecule has 2 aromatic carbocycles. The molecule has 0 bridgehead atoms. The minimum absolute atomic E-state index is 0.441. The molecule has 0 aliphatic carbocycles. The lowest BCUT2D eigenvalue weighted by atomic mass is 10.0. The van der Waals surface area contributed by atoms with E-state index in [1.54, 1.807) is 0 Å². The number of hydrogen-bond donors (Lipinski definition) is 0. The Labute approximate surface area is 124 Å². The van der Waals surface area contributed by atoms with E-state index >= 15 is 0 Å². The van der Waals surface area contributed by atoms with E-state index in [0.717, 1.165) is 39.9 Å². The van der Waals surface area contributed by atoms with Crippen molar-refractivity contribution in [2.24, 2.45) is 0 Å². The molecule has 0 saturated carbocycles. The van der Waals surface area contributed by atoms with E-state index in [1.165, 1.54) is 0 Å². The van der Waals surface area contributed by atoms with Crippen molar-refractivity contribution < 1.29 is 9.53 Å². The van der Waals surface area contributed by atoms with Gasteiger partial charge in [0.25, 0.3) is 0 Å². The van der Waals surface area contributed by atoms with Gasteiger partial charge in [-0.2, -0.15) is 0 Å². The Hall–Kier alpha value is -1.80. The Morgan fingerprint density at radius 1 is 1.15 bits per heavy atom. The maximum absolute atomic E-state index is 11.0. The SMILES string of the molecule is Cc1cc(C=O)c(C)c(COc2ccc(Cl)cc2C)c1. The van der Waals surface area contributed by atoms with Crippen molar-refractivity contribution >= 4 is 17.9 Å². The molecule has 0 fully saturated rings. The molecule has 104 valence electrons. The van der Waals surface area contributed by atoms with Gasteiger partial charge in [0.2, 0.25) is 0 Å². The molecule has 0 heterocycles. The van der Waals surface area contributed by atoms with Crippen LogP contribution in [0.1, 0.15) is 32.6 Å². The molecule has 0 N–H and O–H groups in total. The first-order chi connectivity index (χ1) is 9.51. The Morgan fingerprint density at radius 2 is 1.90 bits per heavy atom. The number of rotatable bonds is 4. The van der Waals surface area contributed by atoms with Gasteiger partial charge in [0.05, 0.1) is 0 Å². The quantitative estimate of drug-likeness (QED) is 0.765. The van der Waals surface area contributed by atoms with Crippen LogP contribution in [-0.4, -0.2) is 6.29 Å². The van der Waals surface area contributed by atoms with E-state index in [-0.39, 0.29) is 0 Å². The fourth-order valence-corrected chi connectivity index (χ4v) is 2.39. The van der Waals surface area contributed by atoms with Gasteiger partial charge in [0.1, 0.15) is 18.6 Å². The summed E-state index contributed by atoms with van der Waals surface area (Å²) in [7, 11) is 0. The van der Waals surface area contributed by atoms with E-state index < -0.39 is 0 Å². The van der Waals surface area contributed by atoms with Crippen LogP contribution in [0.15, 0.2) is 30.3 Å². The number of hydrogen-bond acceptors (Lipinski definition) is 2. The number of halogens is 1. The highest BCUT2D eigenvalue weighted by Gasteiger charge is 2.07. The average molecular weight is 289 g/mol. The molecule has 2 rings (SSSR count). The summed E-state index contributed by atoms with van der Waals surface area (Å²) < 4.78 is 5.84. The Balaban J connectivity index is 2.22. The molecule has 0 atom stereocenters. The minimum atomic E-state index is 0.441. The number of aryl methyl sites for hydroxylation is 2. The smallest absolute Gasteiger partial charge is 0.150 e. The molecule has 0 unspecified atom stereocenters. The molecular formula is C17H17ClO2. The normalized spacial score (nSPS) is 10.4. The second-order valence-corrected chi connectivity index (χ2v) is 5.39. The van der Waals surface area contributed by atoms with Crippen molar-refractivity contribution in [3.8, 4) is 5.75 Å². The third-order valence-corrected chi connectivity index (χ3v) is 3.58. The van der Waals surface area contributed by atoms with Gasteiger partial charge in [0.15, 0.2) is 0 Å². The molecule has 0 amide bonds. The van der Waals surface area contributed by atoms with Crippen LogP contribution in [0.25, 0.3) is 0 Å². The van der Waals surface area contributed by atoms with Crippen molar-refractivity contribution in [2.45, 2.75) is 27.4 Å². The van der Waals surface area contributed by atoms with Gasteiger partial charge in [-0.3, -0.25) is 4.79 Å². The molecular weight excluding hydrogens is 272 g/mol. The standard InChI is InChI=1S/C17H17ClO2/c1-11-6-14(9-19)13(3)15(7-11)10-20-17-5-4-16(18)8-12(17)2/h4-9H,10H2,1-3H3. The van der Waals surface area contributed by atoms with Crippen LogP contribution in [0.4, 0.5) is 0 Å². The van der Waals surface area contributed by atoms with Crippen LogP contribution in [0.2, 0.25) is 5.02 Å². The van der Waals surface area contributed by atoms with Gasteiger partial charge in [-0.05, 0) is 61.7 Å². The third-order valence-electron chi connectivity index (χ3n) is 3.35. The predicted octanol–water partition coefficient (Wildman–Crippen LogP) is 4.66. The number of carbonyl (C=O) groups is 1. The van der Waals surface area contributed by atoms with Gasteiger partial charge < -0.3 is 4.74 Å². The lowest BCUT2D eigenvalue weighted by Crippen LogP contribution is -2.02. The first-order valence-corrected chi connectivity index (χ1v) is 6.83. The number of aldehydes is 1. The Bertz CT molecular complexity index is 648. The Morgan fingerprint density at radius 3 is 2.55 bits per heavy atom. The van der Waals surface area contributed by atoms with Crippen molar-refractivity contribution in [1.82, 2.24) is 0 Å². The van der Waals surface area contributed by atoms with Crippen LogP contribution in [-0.2, 0) is 6.61 Å². The lowest BCUT2D eigenvalue weighted by molar-refractivity contribution is 0.112. The van der Waals surface area contributed by atoms with E-state index in [0.29, 0.717) is 11.6 Å². The second-order valence-electron chi connectivity index (χ2n) is 4.95. The molecule has 0 spiro atoms. The van der Waals surface area contributed by atoms with Crippen molar-refractivity contribution in [1.29, 1.82) is 0 Å². The summed E-state index contributed by atoms with van der Waals surface area (Å²) in [4.78, 5) is 11.0. The van der Waals surface area contributed by atoms with Crippen molar-refractivity contribution in [2.75, 3.05) is 0 Å². The molecule has 2 aromatic rings. The van der Waals surface area contributed by atoms with Gasteiger partial charge in [0, 0.05) is 10.6 Å². The minimum Gasteiger partial charge on any atom is -0.489 e. The summed E-state index contributed by atoms with van der Waals surface area (Å²) >= 11 is 5.93. The molecule has 0 saturated heterocycles. The molecule has 20 heavy (non-hydrogen) atoms. The maximum Gasteiger partial charge on any atom is 0.150 e. The lowest BCUT2D eigenvalue weighted by Gasteiger charge is -2.13. The van der Waals surface area contributed by atoms with Gasteiger partial charge in [-0.15, -0.1) is 0 Å². The van der Waals surface area contributed by atoms with Crippen molar-refractivity contribution in [3.05, 3.63) is 63.2 Å². The van der Waals surface area contributed by atoms with E-state index in [4.69, 9.17) is 16.3 Å². The largest absolute Gasteiger partial charge is 0.489 e. The highest BCUT2D eigenvalue weighted by molar-refractivity contribution is 6.30. The van der Waals surface area contributed by atoms with Gasteiger partial charge in [-0.1, -0.05) is 23.2 Å². The molecule has 0 aromatic heterocycles. The summed E-state index contributed by atoms with van der Waals surface area (Å²) in [5.41, 5.74) is 4.78. The first-order valence-electron chi connectivity index (χ1n) is 6.45. The average Bonchev–Trinajstić information content (AvgIpc) is 2.41. The zero-order valence-electron chi connectivity index (χ0n) is 11.9. The van der Waals surface area contributed by atoms with Gasteiger partial charge >= 0.3 is 0 Å².